The van der Waals surface area contributed by atoms with E-state index < -0.39 is 0 Å². The van der Waals surface area contributed by atoms with Crippen LogP contribution in [0.4, 0.5) is 0 Å². The number of likely N-dealkylation sites (N-methyl/N-ethyl adjacent to an activating group) is 1. The van der Waals surface area contributed by atoms with Gasteiger partial charge >= 0.3 is 0 Å². The number of nitrogens with two attached hydrogens (primary N) is 1. The molecule has 0 spiro atoms. The monoisotopic (exact) mass is 239 g/mol. The highest BCUT2D eigenvalue weighted by atomic mass is 15.3. The fourth-order valence-electron chi connectivity index (χ4n) is 2.55. The van der Waals surface area contributed by atoms with E-state index in [0.717, 1.165) is 32.4 Å². The first kappa shape index (κ1) is 16.4. The molecule has 0 bridgehead atoms. The van der Waals surface area contributed by atoms with Crippen molar-refractivity contribution >= 4 is 0 Å². The van der Waals surface area contributed by atoms with Gasteiger partial charge in [-0.2, -0.15) is 0 Å². The first-order valence-corrected chi connectivity index (χ1v) is 6.71. The third kappa shape index (κ3) is 4.31. The second-order valence-corrected chi connectivity index (χ2v) is 4.57. The molecule has 0 heterocycles. The molecule has 0 aliphatic carbocycles. The van der Waals surface area contributed by atoms with E-state index in [1.807, 2.05) is 6.92 Å². The van der Waals surface area contributed by atoms with Gasteiger partial charge in [0, 0.05) is 18.0 Å². The summed E-state index contributed by atoms with van der Waals surface area (Å²) in [6.45, 7) is 12.9. The lowest BCUT2D eigenvalue weighted by atomic mass is 9.85. The molecule has 3 N–H and O–H groups in total. The molecule has 2 atom stereocenters. The Labute approximate surface area is 107 Å². The molecule has 0 aliphatic heterocycles. The van der Waals surface area contributed by atoms with Crippen LogP contribution < -0.4 is 11.3 Å². The van der Waals surface area contributed by atoms with Crippen molar-refractivity contribution in [1.29, 1.82) is 0 Å². The molecule has 0 aromatic heterocycles. The highest BCUT2D eigenvalue weighted by Gasteiger charge is 2.35. The van der Waals surface area contributed by atoms with Crippen molar-refractivity contribution in [3.63, 3.8) is 0 Å². The van der Waals surface area contributed by atoms with Gasteiger partial charge in [0.25, 0.3) is 0 Å². The van der Waals surface area contributed by atoms with Crippen LogP contribution in [0.1, 0.15) is 53.9 Å². The fraction of sp³-hybridized carbons (Fsp3) is 0.857. The number of hydrazine groups is 1. The minimum absolute atomic E-state index is 0.105. The van der Waals surface area contributed by atoms with Crippen LogP contribution in [0.2, 0.25) is 0 Å². The van der Waals surface area contributed by atoms with Crippen LogP contribution >= 0.6 is 0 Å². The quantitative estimate of drug-likeness (QED) is 0.387. The second kappa shape index (κ2) is 8.52. The molecule has 0 amide bonds. The predicted molar refractivity (Wildman–Crippen MR) is 75.4 cm³/mol. The number of nitrogens with one attached hydrogen (secondary N) is 1. The Bertz CT molecular complexity index is 250. The summed E-state index contributed by atoms with van der Waals surface area (Å²) in [6.07, 6.45) is 2.99. The Morgan fingerprint density at radius 3 is 2.24 bits per heavy atom. The van der Waals surface area contributed by atoms with Gasteiger partial charge in [0.1, 0.15) is 0 Å². The van der Waals surface area contributed by atoms with Gasteiger partial charge in [-0.25, -0.2) is 0 Å². The molecule has 2 unspecified atom stereocenters. The third-order valence-electron chi connectivity index (χ3n) is 3.89. The van der Waals surface area contributed by atoms with Crippen molar-refractivity contribution in [2.24, 2.45) is 5.84 Å². The van der Waals surface area contributed by atoms with E-state index in [2.05, 4.69) is 49.9 Å². The maximum absolute atomic E-state index is 5.74. The smallest absolute Gasteiger partial charge is 0.0401 e. The van der Waals surface area contributed by atoms with E-state index in [-0.39, 0.29) is 11.6 Å². The minimum atomic E-state index is 0.105. The summed E-state index contributed by atoms with van der Waals surface area (Å²) in [6, 6.07) is 0.285. The summed E-state index contributed by atoms with van der Waals surface area (Å²) in [4.78, 5) is 2.48. The summed E-state index contributed by atoms with van der Waals surface area (Å²) in [5.41, 5.74) is 3.10. The minimum Gasteiger partial charge on any atom is -0.297 e. The van der Waals surface area contributed by atoms with Crippen molar-refractivity contribution in [2.45, 2.75) is 65.5 Å². The molecule has 3 nitrogen and oxygen atoms in total. The highest BCUT2D eigenvalue weighted by molar-refractivity contribution is 5.00. The van der Waals surface area contributed by atoms with Gasteiger partial charge < -0.3 is 0 Å². The molecule has 17 heavy (non-hydrogen) atoms. The van der Waals surface area contributed by atoms with Crippen LogP contribution in [0.5, 0.6) is 0 Å². The lowest BCUT2D eigenvalue weighted by Crippen LogP contribution is -2.60. The summed E-state index contributed by atoms with van der Waals surface area (Å²) < 4.78 is 0. The molecular weight excluding hydrogens is 210 g/mol. The number of hydrogen-bond acceptors (Lipinski definition) is 3. The van der Waals surface area contributed by atoms with Crippen LogP contribution in [-0.2, 0) is 0 Å². The maximum atomic E-state index is 5.74. The topological polar surface area (TPSA) is 41.3 Å². The molecule has 0 fully saturated rings. The molecule has 0 saturated carbocycles. The Kier molecular flexibility index (Phi) is 8.24. The van der Waals surface area contributed by atoms with Gasteiger partial charge in [0.2, 0.25) is 0 Å². The predicted octanol–water partition coefficient (Wildman–Crippen LogP) is 2.13. The number of hydrogen-bond donors (Lipinski definition) is 2. The Balaban J connectivity index is 4.78. The highest BCUT2D eigenvalue weighted by Crippen LogP contribution is 2.25. The van der Waals surface area contributed by atoms with E-state index in [1.165, 1.54) is 0 Å². The van der Waals surface area contributed by atoms with Gasteiger partial charge in [0.05, 0.1) is 0 Å². The summed E-state index contributed by atoms with van der Waals surface area (Å²) >= 11 is 0. The lowest BCUT2D eigenvalue weighted by molar-refractivity contribution is 0.0673. The SMILES string of the molecule is CC#CCCC(NN)C(C)(CC)N(CC)CC. The molecule has 0 radical (unpaired) electrons. The Hall–Kier alpha value is -0.560. The molecule has 100 valence electrons. The standard InChI is InChI=1S/C14H29N3/c1-6-10-11-12-13(16-15)14(5,7-2)17(8-3)9-4/h13,16H,7-9,11-12,15H2,1-5H3. The first-order valence-electron chi connectivity index (χ1n) is 6.71. The molecule has 0 aromatic rings. The molecular formula is C14H29N3. The van der Waals surface area contributed by atoms with Gasteiger partial charge in [-0.1, -0.05) is 20.8 Å². The Morgan fingerprint density at radius 2 is 1.88 bits per heavy atom. The van der Waals surface area contributed by atoms with Crippen molar-refractivity contribution in [2.75, 3.05) is 13.1 Å². The average molecular weight is 239 g/mol. The molecule has 3 heteroatoms. The van der Waals surface area contributed by atoms with E-state index >= 15 is 0 Å². The number of nitrogens with zero attached hydrogens (tertiary/aromatic N) is 1. The third-order valence-corrected chi connectivity index (χ3v) is 3.89. The van der Waals surface area contributed by atoms with E-state index in [9.17, 15) is 0 Å². The van der Waals surface area contributed by atoms with Gasteiger partial charge in [-0.3, -0.25) is 16.2 Å². The van der Waals surface area contributed by atoms with Crippen molar-refractivity contribution in [1.82, 2.24) is 10.3 Å². The van der Waals surface area contributed by atoms with Crippen LogP contribution in [0.15, 0.2) is 0 Å². The first-order chi connectivity index (χ1) is 8.10. The van der Waals surface area contributed by atoms with Crippen molar-refractivity contribution < 1.29 is 0 Å². The molecule has 0 saturated heterocycles. The Morgan fingerprint density at radius 1 is 1.29 bits per heavy atom. The maximum Gasteiger partial charge on any atom is 0.0401 e. The number of rotatable bonds is 8. The average Bonchev–Trinajstić information content (AvgIpc) is 2.35. The molecule has 0 aliphatic rings. The van der Waals surface area contributed by atoms with E-state index in [1.54, 1.807) is 0 Å². The molecule has 0 rings (SSSR count). The normalized spacial score (nSPS) is 16.2. The van der Waals surface area contributed by atoms with E-state index in [4.69, 9.17) is 5.84 Å². The van der Waals surface area contributed by atoms with Gasteiger partial charge in [-0.05, 0) is 39.8 Å². The van der Waals surface area contributed by atoms with E-state index in [0.29, 0.717) is 0 Å². The van der Waals surface area contributed by atoms with Crippen molar-refractivity contribution in [3.8, 4) is 11.8 Å². The summed E-state index contributed by atoms with van der Waals surface area (Å²) in [5, 5.41) is 0. The van der Waals surface area contributed by atoms with Crippen LogP contribution in [0.25, 0.3) is 0 Å². The zero-order valence-corrected chi connectivity index (χ0v) is 12.1. The summed E-state index contributed by atoms with van der Waals surface area (Å²) in [5.74, 6) is 11.8. The van der Waals surface area contributed by atoms with Crippen LogP contribution in [0, 0.1) is 11.8 Å². The zero-order chi connectivity index (χ0) is 13.3. The van der Waals surface area contributed by atoms with Gasteiger partial charge in [-0.15, -0.1) is 11.8 Å². The molecule has 0 aromatic carbocycles. The van der Waals surface area contributed by atoms with Crippen LogP contribution in [-0.4, -0.2) is 29.6 Å². The second-order valence-electron chi connectivity index (χ2n) is 4.57. The summed E-state index contributed by atoms with van der Waals surface area (Å²) in [7, 11) is 0. The van der Waals surface area contributed by atoms with Gasteiger partial charge in [0.15, 0.2) is 0 Å². The largest absolute Gasteiger partial charge is 0.297 e. The van der Waals surface area contributed by atoms with Crippen LogP contribution in [0.3, 0.4) is 0 Å². The fourth-order valence-corrected chi connectivity index (χ4v) is 2.55. The zero-order valence-electron chi connectivity index (χ0n) is 12.1. The van der Waals surface area contributed by atoms with Crippen molar-refractivity contribution in [3.05, 3.63) is 0 Å². The lowest BCUT2D eigenvalue weighted by Gasteiger charge is -2.45.